The summed E-state index contributed by atoms with van der Waals surface area (Å²) < 4.78 is 11.3. The summed E-state index contributed by atoms with van der Waals surface area (Å²) in [5.74, 6) is 1.19. The number of rotatable bonds is 7. The zero-order chi connectivity index (χ0) is 20.1. The third kappa shape index (κ3) is 4.73. The van der Waals surface area contributed by atoms with E-state index < -0.39 is 0 Å². The summed E-state index contributed by atoms with van der Waals surface area (Å²) in [6, 6.07) is 20.1. The van der Waals surface area contributed by atoms with Crippen molar-refractivity contribution in [2.45, 2.75) is 19.6 Å². The molecule has 0 radical (unpaired) electrons. The molecule has 0 aliphatic heterocycles. The number of nitrogens with zero attached hydrogens (tertiary/aromatic N) is 1. The van der Waals surface area contributed by atoms with Crippen LogP contribution in [0.2, 0.25) is 0 Å². The number of nitrogens with one attached hydrogen (secondary N) is 1. The van der Waals surface area contributed by atoms with Gasteiger partial charge in [-0.2, -0.15) is 0 Å². The highest BCUT2D eigenvalue weighted by molar-refractivity contribution is 7.09. The molecule has 4 aromatic rings. The Labute approximate surface area is 173 Å². The summed E-state index contributed by atoms with van der Waals surface area (Å²) in [6.45, 7) is 2.37. The lowest BCUT2D eigenvalue weighted by atomic mass is 10.0. The number of hydrogen-bond donors (Lipinski definition) is 1. The van der Waals surface area contributed by atoms with Crippen LogP contribution in [0.5, 0.6) is 5.75 Å². The normalized spacial score (nSPS) is 11.8. The zero-order valence-corrected chi connectivity index (χ0v) is 16.7. The van der Waals surface area contributed by atoms with E-state index in [2.05, 4.69) is 10.3 Å². The Morgan fingerprint density at radius 3 is 2.55 bits per heavy atom. The fourth-order valence-corrected chi connectivity index (χ4v) is 3.57. The van der Waals surface area contributed by atoms with Crippen molar-refractivity contribution < 1.29 is 13.9 Å². The van der Waals surface area contributed by atoms with E-state index in [4.69, 9.17) is 9.15 Å². The number of amides is 1. The fraction of sp³-hybridized carbons (Fsp3) is 0.130. The van der Waals surface area contributed by atoms with Crippen LogP contribution in [0, 0.1) is 6.92 Å². The molecule has 0 fully saturated rings. The van der Waals surface area contributed by atoms with Gasteiger partial charge < -0.3 is 14.5 Å². The summed E-state index contributed by atoms with van der Waals surface area (Å²) in [5.41, 5.74) is 2.40. The van der Waals surface area contributed by atoms with Crippen LogP contribution in [-0.2, 0) is 6.61 Å². The van der Waals surface area contributed by atoms with Crippen molar-refractivity contribution in [1.82, 2.24) is 10.3 Å². The van der Waals surface area contributed by atoms with Gasteiger partial charge in [0, 0.05) is 10.9 Å². The van der Waals surface area contributed by atoms with Gasteiger partial charge in [0.15, 0.2) is 0 Å². The predicted molar refractivity (Wildman–Crippen MR) is 112 cm³/mol. The molecule has 0 spiro atoms. The highest BCUT2D eigenvalue weighted by atomic mass is 32.1. The van der Waals surface area contributed by atoms with Crippen molar-refractivity contribution in [3.8, 4) is 5.75 Å². The van der Waals surface area contributed by atoms with Gasteiger partial charge in [-0.3, -0.25) is 4.79 Å². The van der Waals surface area contributed by atoms with Crippen LogP contribution >= 0.6 is 11.3 Å². The van der Waals surface area contributed by atoms with E-state index in [1.807, 2.05) is 54.8 Å². The molecule has 0 saturated carbocycles. The molecule has 5 nitrogen and oxygen atoms in total. The van der Waals surface area contributed by atoms with Crippen LogP contribution < -0.4 is 10.1 Å². The number of thiazole rings is 1. The van der Waals surface area contributed by atoms with Crippen LogP contribution in [0.1, 0.15) is 38.4 Å². The predicted octanol–water partition coefficient (Wildman–Crippen LogP) is 5.14. The zero-order valence-electron chi connectivity index (χ0n) is 15.9. The third-order valence-corrected chi connectivity index (χ3v) is 5.23. The SMILES string of the molecule is Cc1nc(COc2ccc(C(=O)NC(c3ccccc3)c3ccco3)cc2)cs1. The molecular formula is C23H20N2O3S. The maximum absolute atomic E-state index is 12.8. The van der Waals surface area contributed by atoms with Gasteiger partial charge >= 0.3 is 0 Å². The molecule has 2 heterocycles. The molecule has 1 unspecified atom stereocenters. The molecule has 146 valence electrons. The lowest BCUT2D eigenvalue weighted by Gasteiger charge is -2.17. The van der Waals surface area contributed by atoms with Gasteiger partial charge in [-0.25, -0.2) is 4.98 Å². The van der Waals surface area contributed by atoms with Gasteiger partial charge in [0.05, 0.1) is 17.0 Å². The maximum Gasteiger partial charge on any atom is 0.252 e. The number of benzene rings is 2. The monoisotopic (exact) mass is 404 g/mol. The van der Waals surface area contributed by atoms with E-state index >= 15 is 0 Å². The fourth-order valence-electron chi connectivity index (χ4n) is 2.97. The minimum Gasteiger partial charge on any atom is -0.487 e. The highest BCUT2D eigenvalue weighted by Crippen LogP contribution is 2.23. The van der Waals surface area contributed by atoms with Crippen molar-refractivity contribution in [3.63, 3.8) is 0 Å². The number of hydrogen-bond acceptors (Lipinski definition) is 5. The smallest absolute Gasteiger partial charge is 0.252 e. The number of ether oxygens (including phenoxy) is 1. The molecule has 0 aliphatic carbocycles. The Morgan fingerprint density at radius 1 is 1.10 bits per heavy atom. The molecule has 0 aliphatic rings. The number of carbonyl (C=O) groups is 1. The molecule has 4 rings (SSSR count). The lowest BCUT2D eigenvalue weighted by Crippen LogP contribution is -2.29. The first-order valence-electron chi connectivity index (χ1n) is 9.22. The van der Waals surface area contributed by atoms with Crippen LogP contribution in [-0.4, -0.2) is 10.9 Å². The first-order chi connectivity index (χ1) is 14.2. The van der Waals surface area contributed by atoms with Gasteiger partial charge in [0.2, 0.25) is 0 Å². The Bertz CT molecular complexity index is 1060. The van der Waals surface area contributed by atoms with Crippen molar-refractivity contribution in [1.29, 1.82) is 0 Å². The van der Waals surface area contributed by atoms with Gasteiger partial charge in [-0.15, -0.1) is 11.3 Å². The van der Waals surface area contributed by atoms with Gasteiger partial charge in [0.1, 0.15) is 24.2 Å². The second-order valence-corrected chi connectivity index (χ2v) is 7.57. The molecule has 2 aromatic carbocycles. The van der Waals surface area contributed by atoms with Crippen LogP contribution in [0.25, 0.3) is 0 Å². The summed E-state index contributed by atoms with van der Waals surface area (Å²) in [7, 11) is 0. The summed E-state index contributed by atoms with van der Waals surface area (Å²) in [6.07, 6.45) is 1.60. The van der Waals surface area contributed by atoms with E-state index in [0.717, 1.165) is 16.3 Å². The molecular weight excluding hydrogens is 384 g/mol. The number of furan rings is 1. The van der Waals surface area contributed by atoms with E-state index in [1.165, 1.54) is 0 Å². The Hall–Kier alpha value is -3.38. The first kappa shape index (κ1) is 19.0. The Morgan fingerprint density at radius 2 is 1.90 bits per heavy atom. The molecule has 6 heteroatoms. The first-order valence-corrected chi connectivity index (χ1v) is 10.1. The van der Waals surface area contributed by atoms with Crippen molar-refractivity contribution in [2.75, 3.05) is 0 Å². The average molecular weight is 404 g/mol. The number of aryl methyl sites for hydroxylation is 1. The van der Waals surface area contributed by atoms with E-state index in [1.54, 1.807) is 41.9 Å². The Balaban J connectivity index is 1.44. The molecule has 1 atom stereocenters. The second-order valence-electron chi connectivity index (χ2n) is 6.50. The summed E-state index contributed by atoms with van der Waals surface area (Å²) >= 11 is 1.60. The maximum atomic E-state index is 12.8. The summed E-state index contributed by atoms with van der Waals surface area (Å²) in [4.78, 5) is 17.2. The average Bonchev–Trinajstić information content (AvgIpc) is 3.43. The van der Waals surface area contributed by atoms with Crippen molar-refractivity contribution >= 4 is 17.2 Å². The molecule has 29 heavy (non-hydrogen) atoms. The molecule has 0 saturated heterocycles. The lowest BCUT2D eigenvalue weighted by molar-refractivity contribution is 0.0939. The number of aromatic nitrogens is 1. The minimum absolute atomic E-state index is 0.183. The van der Waals surface area contributed by atoms with E-state index in [0.29, 0.717) is 23.7 Å². The Kier molecular flexibility index (Phi) is 5.72. The quantitative estimate of drug-likeness (QED) is 0.463. The van der Waals surface area contributed by atoms with E-state index in [9.17, 15) is 4.79 Å². The number of carbonyl (C=O) groups excluding carboxylic acids is 1. The molecule has 1 N–H and O–H groups in total. The van der Waals surface area contributed by atoms with Crippen molar-refractivity contribution in [2.24, 2.45) is 0 Å². The minimum atomic E-state index is -0.359. The highest BCUT2D eigenvalue weighted by Gasteiger charge is 2.20. The van der Waals surface area contributed by atoms with Gasteiger partial charge in [0.25, 0.3) is 5.91 Å². The van der Waals surface area contributed by atoms with E-state index in [-0.39, 0.29) is 11.9 Å². The third-order valence-electron chi connectivity index (χ3n) is 4.41. The molecule has 0 bridgehead atoms. The second kappa shape index (κ2) is 8.75. The topological polar surface area (TPSA) is 64.4 Å². The standard InChI is InChI=1S/C23H20N2O3S/c1-16-24-19(15-29-16)14-28-20-11-9-18(10-12-20)23(26)25-22(21-8-5-13-27-21)17-6-3-2-4-7-17/h2-13,15,22H,14H2,1H3,(H,25,26). The van der Waals surface area contributed by atoms with Gasteiger partial charge in [-0.05, 0) is 48.9 Å². The molecule has 1 amide bonds. The van der Waals surface area contributed by atoms with Crippen LogP contribution in [0.4, 0.5) is 0 Å². The summed E-state index contributed by atoms with van der Waals surface area (Å²) in [5, 5.41) is 6.05. The molecule has 2 aromatic heterocycles. The van der Waals surface area contributed by atoms with Crippen molar-refractivity contribution in [3.05, 3.63) is 106 Å². The largest absolute Gasteiger partial charge is 0.487 e. The van der Waals surface area contributed by atoms with Crippen LogP contribution in [0.15, 0.2) is 82.8 Å². The van der Waals surface area contributed by atoms with Gasteiger partial charge in [-0.1, -0.05) is 30.3 Å². The van der Waals surface area contributed by atoms with Crippen LogP contribution in [0.3, 0.4) is 0 Å².